The monoisotopic (exact) mass is 357 g/mol. The van der Waals surface area contributed by atoms with Crippen LogP contribution in [0.5, 0.6) is 5.75 Å². The molecular weight excluding hydrogens is 341 g/mol. The fourth-order valence-electron chi connectivity index (χ4n) is 2.97. The highest BCUT2D eigenvalue weighted by atomic mass is 19.4. The molecular formula is C18H16F5NO. The van der Waals surface area contributed by atoms with Crippen molar-refractivity contribution in [2.24, 2.45) is 5.73 Å². The maximum atomic E-state index is 14.2. The summed E-state index contributed by atoms with van der Waals surface area (Å²) in [5.41, 5.74) is 4.92. The van der Waals surface area contributed by atoms with Crippen molar-refractivity contribution in [3.63, 3.8) is 0 Å². The van der Waals surface area contributed by atoms with Gasteiger partial charge in [-0.1, -0.05) is 19.1 Å². The summed E-state index contributed by atoms with van der Waals surface area (Å²) in [6.45, 7) is 1.84. The minimum absolute atomic E-state index is 0.118. The van der Waals surface area contributed by atoms with Crippen LogP contribution in [0.4, 0.5) is 22.0 Å². The molecule has 0 fully saturated rings. The molecule has 2 unspecified atom stereocenters. The molecule has 2 aromatic carbocycles. The second-order valence-electron chi connectivity index (χ2n) is 6.04. The molecule has 1 aliphatic rings. The van der Waals surface area contributed by atoms with Gasteiger partial charge in [0.05, 0.1) is 5.56 Å². The Morgan fingerprint density at radius 3 is 2.56 bits per heavy atom. The molecule has 2 aromatic rings. The first-order chi connectivity index (χ1) is 11.7. The van der Waals surface area contributed by atoms with Gasteiger partial charge >= 0.3 is 6.18 Å². The first-order valence-electron chi connectivity index (χ1n) is 7.83. The summed E-state index contributed by atoms with van der Waals surface area (Å²) in [4.78, 5) is 0. The van der Waals surface area contributed by atoms with Crippen LogP contribution in [0.25, 0.3) is 11.1 Å². The molecule has 1 aliphatic heterocycles. The van der Waals surface area contributed by atoms with Crippen LogP contribution in [-0.2, 0) is 12.6 Å². The van der Waals surface area contributed by atoms with E-state index in [9.17, 15) is 22.0 Å². The molecule has 25 heavy (non-hydrogen) atoms. The molecule has 0 saturated heterocycles. The van der Waals surface area contributed by atoms with Gasteiger partial charge < -0.3 is 10.5 Å². The van der Waals surface area contributed by atoms with Crippen molar-refractivity contribution in [3.8, 4) is 16.9 Å². The van der Waals surface area contributed by atoms with Gasteiger partial charge in [0.1, 0.15) is 11.9 Å². The van der Waals surface area contributed by atoms with Gasteiger partial charge in [0.25, 0.3) is 0 Å². The van der Waals surface area contributed by atoms with E-state index in [2.05, 4.69) is 0 Å². The second-order valence-corrected chi connectivity index (χ2v) is 6.04. The van der Waals surface area contributed by atoms with Crippen molar-refractivity contribution in [3.05, 3.63) is 53.1 Å². The number of fused-ring (bicyclic) bond motifs is 1. The van der Waals surface area contributed by atoms with E-state index in [1.807, 2.05) is 6.92 Å². The topological polar surface area (TPSA) is 35.2 Å². The third kappa shape index (κ3) is 3.20. The summed E-state index contributed by atoms with van der Waals surface area (Å²) in [7, 11) is 0. The lowest BCUT2D eigenvalue weighted by Gasteiger charge is -2.18. The van der Waals surface area contributed by atoms with Gasteiger partial charge in [-0.2, -0.15) is 13.2 Å². The maximum absolute atomic E-state index is 14.2. The van der Waals surface area contributed by atoms with E-state index in [4.69, 9.17) is 10.5 Å². The van der Waals surface area contributed by atoms with Crippen LogP contribution in [0, 0.1) is 11.6 Å². The average molecular weight is 357 g/mol. The number of ether oxygens (including phenoxy) is 1. The van der Waals surface area contributed by atoms with Crippen molar-refractivity contribution >= 4 is 0 Å². The Hall–Kier alpha value is -2.15. The zero-order chi connectivity index (χ0) is 18.4. The number of halogens is 5. The Morgan fingerprint density at radius 1 is 1.20 bits per heavy atom. The molecule has 7 heteroatoms. The fourth-order valence-corrected chi connectivity index (χ4v) is 2.97. The highest BCUT2D eigenvalue weighted by molar-refractivity contribution is 5.75. The summed E-state index contributed by atoms with van der Waals surface area (Å²) in [6, 6.07) is 4.78. The van der Waals surface area contributed by atoms with Gasteiger partial charge in [-0.15, -0.1) is 0 Å². The largest absolute Gasteiger partial charge is 0.488 e. The zero-order valence-corrected chi connectivity index (χ0v) is 13.3. The third-order valence-electron chi connectivity index (χ3n) is 4.37. The van der Waals surface area contributed by atoms with Crippen LogP contribution in [-0.4, -0.2) is 12.1 Å². The standard InChI is InChI=1S/C18H16F5NO/c1-2-14(24)15-7-9-6-10(18(21,22)23)8-12(17(9)25-15)11-4-3-5-13(19)16(11)20/h3-6,8,14-15H,2,7,24H2,1H3. The van der Waals surface area contributed by atoms with Gasteiger partial charge in [-0.25, -0.2) is 8.78 Å². The van der Waals surface area contributed by atoms with Crippen molar-refractivity contribution in [1.29, 1.82) is 0 Å². The van der Waals surface area contributed by atoms with Gasteiger partial charge in [0.15, 0.2) is 11.6 Å². The lowest BCUT2D eigenvalue weighted by molar-refractivity contribution is -0.137. The smallest absolute Gasteiger partial charge is 0.416 e. The van der Waals surface area contributed by atoms with Crippen molar-refractivity contribution < 1.29 is 26.7 Å². The molecule has 0 amide bonds. The SMILES string of the molecule is CCC(N)C1Cc2cc(C(F)(F)F)cc(-c3cccc(F)c3F)c2O1. The molecule has 0 saturated carbocycles. The van der Waals surface area contributed by atoms with Crippen molar-refractivity contribution in [1.82, 2.24) is 0 Å². The Balaban J connectivity index is 2.19. The number of rotatable bonds is 3. The molecule has 1 heterocycles. The van der Waals surface area contributed by atoms with E-state index < -0.39 is 29.5 Å². The van der Waals surface area contributed by atoms with E-state index >= 15 is 0 Å². The molecule has 0 aliphatic carbocycles. The second kappa shape index (κ2) is 6.29. The normalized spacial score (nSPS) is 18.0. The van der Waals surface area contributed by atoms with Crippen LogP contribution in [0.1, 0.15) is 24.5 Å². The molecule has 134 valence electrons. The third-order valence-corrected chi connectivity index (χ3v) is 4.37. The molecule has 0 radical (unpaired) electrons. The molecule has 0 aromatic heterocycles. The summed E-state index contributed by atoms with van der Waals surface area (Å²) in [6.07, 6.45) is -4.34. The lowest BCUT2D eigenvalue weighted by atomic mass is 9.95. The predicted octanol–water partition coefficient (Wildman–Crippen LogP) is 4.69. The van der Waals surface area contributed by atoms with E-state index in [-0.39, 0.29) is 29.3 Å². The van der Waals surface area contributed by atoms with Gasteiger partial charge in [0, 0.05) is 23.6 Å². The van der Waals surface area contributed by atoms with Gasteiger partial charge in [-0.3, -0.25) is 0 Å². The molecule has 0 bridgehead atoms. The minimum Gasteiger partial charge on any atom is -0.488 e. The number of hydrogen-bond acceptors (Lipinski definition) is 2. The number of nitrogens with two attached hydrogens (primary N) is 1. The highest BCUT2D eigenvalue weighted by Crippen LogP contribution is 2.44. The number of hydrogen-bond donors (Lipinski definition) is 1. The molecule has 3 rings (SSSR count). The lowest BCUT2D eigenvalue weighted by Crippen LogP contribution is -2.37. The Labute approximate surface area is 141 Å². The zero-order valence-electron chi connectivity index (χ0n) is 13.3. The molecule has 2 atom stereocenters. The van der Waals surface area contributed by atoms with Crippen LogP contribution in [0.3, 0.4) is 0 Å². The Bertz CT molecular complexity index is 803. The van der Waals surface area contributed by atoms with Crippen molar-refractivity contribution in [2.75, 3.05) is 0 Å². The van der Waals surface area contributed by atoms with Crippen molar-refractivity contribution in [2.45, 2.75) is 38.1 Å². The van der Waals surface area contributed by atoms with E-state index in [1.165, 1.54) is 12.1 Å². The van der Waals surface area contributed by atoms with Crippen LogP contribution >= 0.6 is 0 Å². The number of alkyl halides is 3. The minimum atomic E-state index is -4.61. The van der Waals surface area contributed by atoms with Gasteiger partial charge in [0.2, 0.25) is 0 Å². The van der Waals surface area contributed by atoms with Crippen LogP contribution < -0.4 is 10.5 Å². The van der Waals surface area contributed by atoms with Crippen LogP contribution in [0.2, 0.25) is 0 Å². The molecule has 2 nitrogen and oxygen atoms in total. The van der Waals surface area contributed by atoms with Crippen LogP contribution in [0.15, 0.2) is 30.3 Å². The first-order valence-corrected chi connectivity index (χ1v) is 7.83. The predicted molar refractivity (Wildman–Crippen MR) is 83.2 cm³/mol. The molecule has 2 N–H and O–H groups in total. The summed E-state index contributed by atoms with van der Waals surface area (Å²) in [5, 5.41) is 0. The maximum Gasteiger partial charge on any atom is 0.416 e. The average Bonchev–Trinajstić information content (AvgIpc) is 2.99. The van der Waals surface area contributed by atoms with E-state index in [1.54, 1.807) is 0 Å². The first kappa shape index (κ1) is 17.7. The summed E-state index contributed by atoms with van der Waals surface area (Å²) >= 11 is 0. The highest BCUT2D eigenvalue weighted by Gasteiger charge is 2.37. The fraction of sp³-hybridized carbons (Fsp3) is 0.333. The Morgan fingerprint density at radius 2 is 1.92 bits per heavy atom. The Kier molecular flexibility index (Phi) is 4.45. The summed E-state index contributed by atoms with van der Waals surface area (Å²) in [5.74, 6) is -2.22. The molecule has 0 spiro atoms. The van der Waals surface area contributed by atoms with E-state index in [0.717, 1.165) is 18.2 Å². The van der Waals surface area contributed by atoms with Gasteiger partial charge in [-0.05, 0) is 30.2 Å². The van der Waals surface area contributed by atoms with E-state index in [0.29, 0.717) is 12.0 Å². The quantitative estimate of drug-likeness (QED) is 0.809. The number of benzene rings is 2. The summed E-state index contributed by atoms with van der Waals surface area (Å²) < 4.78 is 73.1.